The molecule has 2 rings (SSSR count). The van der Waals surface area contributed by atoms with E-state index in [1.807, 2.05) is 0 Å². The number of nitrogens with two attached hydrogens (primary N) is 1. The molecule has 0 spiro atoms. The monoisotopic (exact) mass is 235 g/mol. The second-order valence-corrected chi connectivity index (χ2v) is 3.38. The van der Waals surface area contributed by atoms with Crippen molar-refractivity contribution in [1.29, 1.82) is 0 Å². The first kappa shape index (κ1) is 11.0. The Morgan fingerprint density at radius 3 is 2.88 bits per heavy atom. The van der Waals surface area contributed by atoms with Crippen molar-refractivity contribution < 1.29 is 19.1 Å². The van der Waals surface area contributed by atoms with E-state index in [-0.39, 0.29) is 17.9 Å². The fourth-order valence-corrected chi connectivity index (χ4v) is 1.49. The lowest BCUT2D eigenvalue weighted by Gasteiger charge is -2.05. The molecule has 0 aliphatic carbocycles. The summed E-state index contributed by atoms with van der Waals surface area (Å²) >= 11 is 0. The van der Waals surface area contributed by atoms with Gasteiger partial charge in [0.25, 0.3) is 0 Å². The standard InChI is InChI=1S/C11H9NO5/c12-11(15)16-5-6-3-10(14)17-9-4-7(13)1-2-8(6)9/h1-4,13H,5H2,(H2,12,15). The number of phenolic OH excluding ortho intramolecular Hbond substituents is 1. The van der Waals surface area contributed by atoms with Crippen molar-refractivity contribution in [2.24, 2.45) is 5.73 Å². The van der Waals surface area contributed by atoms with Crippen LogP contribution in [0.5, 0.6) is 5.75 Å². The molecule has 0 aliphatic heterocycles. The first-order valence-corrected chi connectivity index (χ1v) is 4.74. The average molecular weight is 235 g/mol. The van der Waals surface area contributed by atoms with Gasteiger partial charge in [0, 0.05) is 23.1 Å². The number of primary amides is 1. The summed E-state index contributed by atoms with van der Waals surface area (Å²) in [5.41, 5.74) is 4.94. The normalized spacial score (nSPS) is 10.4. The molecular weight excluding hydrogens is 226 g/mol. The van der Waals surface area contributed by atoms with E-state index in [1.54, 1.807) is 6.07 Å². The number of benzene rings is 1. The van der Waals surface area contributed by atoms with E-state index in [1.165, 1.54) is 18.2 Å². The highest BCUT2D eigenvalue weighted by Gasteiger charge is 2.07. The molecule has 6 heteroatoms. The summed E-state index contributed by atoms with van der Waals surface area (Å²) < 4.78 is 9.52. The van der Waals surface area contributed by atoms with Crippen molar-refractivity contribution >= 4 is 17.1 Å². The van der Waals surface area contributed by atoms with Gasteiger partial charge in [0.2, 0.25) is 0 Å². The van der Waals surface area contributed by atoms with Crippen LogP contribution < -0.4 is 11.4 Å². The number of hydrogen-bond acceptors (Lipinski definition) is 5. The molecule has 0 unspecified atom stereocenters. The number of phenols is 1. The first-order chi connectivity index (χ1) is 8.06. The fraction of sp³-hybridized carbons (Fsp3) is 0.0909. The lowest BCUT2D eigenvalue weighted by atomic mass is 10.1. The second kappa shape index (κ2) is 4.17. The minimum absolute atomic E-state index is 0.0198. The van der Waals surface area contributed by atoms with Crippen molar-refractivity contribution in [3.8, 4) is 5.75 Å². The molecule has 0 saturated carbocycles. The van der Waals surface area contributed by atoms with E-state index in [4.69, 9.17) is 10.2 Å². The Bertz CT molecular complexity index is 631. The van der Waals surface area contributed by atoms with Crippen molar-refractivity contribution in [3.05, 3.63) is 40.2 Å². The average Bonchev–Trinajstić information content (AvgIpc) is 2.24. The maximum Gasteiger partial charge on any atom is 0.404 e. The van der Waals surface area contributed by atoms with Crippen LogP contribution in [0.25, 0.3) is 11.0 Å². The van der Waals surface area contributed by atoms with Crippen LogP contribution in [0.1, 0.15) is 5.56 Å². The molecule has 1 aromatic heterocycles. The molecule has 1 heterocycles. The van der Waals surface area contributed by atoms with Gasteiger partial charge in [0.1, 0.15) is 17.9 Å². The molecule has 6 nitrogen and oxygen atoms in total. The number of carbonyl (C=O) groups excluding carboxylic acids is 1. The van der Waals surface area contributed by atoms with E-state index in [9.17, 15) is 14.7 Å². The van der Waals surface area contributed by atoms with E-state index in [2.05, 4.69) is 4.74 Å². The van der Waals surface area contributed by atoms with Crippen LogP contribution in [0.4, 0.5) is 4.79 Å². The topological polar surface area (TPSA) is 103 Å². The highest BCUT2D eigenvalue weighted by atomic mass is 16.5. The van der Waals surface area contributed by atoms with Gasteiger partial charge in [0.05, 0.1) is 0 Å². The van der Waals surface area contributed by atoms with Gasteiger partial charge < -0.3 is 20.0 Å². The lowest BCUT2D eigenvalue weighted by molar-refractivity contribution is 0.150. The van der Waals surface area contributed by atoms with Crippen molar-refractivity contribution in [2.75, 3.05) is 0 Å². The van der Waals surface area contributed by atoms with Crippen LogP contribution in [0.2, 0.25) is 0 Å². The van der Waals surface area contributed by atoms with Crippen LogP contribution in [-0.4, -0.2) is 11.2 Å². The van der Waals surface area contributed by atoms with Crippen LogP contribution >= 0.6 is 0 Å². The Balaban J connectivity index is 2.53. The third kappa shape index (κ3) is 2.36. The third-order valence-corrected chi connectivity index (χ3v) is 2.18. The number of hydrogen-bond donors (Lipinski definition) is 2. The van der Waals surface area contributed by atoms with E-state index >= 15 is 0 Å². The Hall–Kier alpha value is -2.50. The quantitative estimate of drug-likeness (QED) is 0.758. The molecular formula is C11H9NO5. The number of carbonyl (C=O) groups is 1. The Morgan fingerprint density at radius 1 is 1.41 bits per heavy atom. The SMILES string of the molecule is NC(=O)OCc1cc(=O)oc2cc(O)ccc12. The molecule has 0 fully saturated rings. The largest absolute Gasteiger partial charge is 0.508 e. The molecule has 0 atom stereocenters. The summed E-state index contributed by atoms with van der Waals surface area (Å²) in [7, 11) is 0. The van der Waals surface area contributed by atoms with E-state index < -0.39 is 11.7 Å². The molecule has 17 heavy (non-hydrogen) atoms. The summed E-state index contributed by atoms with van der Waals surface area (Å²) in [6.45, 7) is -0.123. The zero-order valence-corrected chi connectivity index (χ0v) is 8.67. The zero-order chi connectivity index (χ0) is 12.4. The zero-order valence-electron chi connectivity index (χ0n) is 8.67. The molecule has 1 aromatic carbocycles. The summed E-state index contributed by atoms with van der Waals surface area (Å²) in [6, 6.07) is 5.52. The maximum atomic E-state index is 11.2. The number of amides is 1. The first-order valence-electron chi connectivity index (χ1n) is 4.74. The van der Waals surface area contributed by atoms with Gasteiger partial charge in [-0.2, -0.15) is 0 Å². The number of rotatable bonds is 2. The maximum absolute atomic E-state index is 11.2. The summed E-state index contributed by atoms with van der Waals surface area (Å²) in [4.78, 5) is 21.7. The molecule has 88 valence electrons. The van der Waals surface area contributed by atoms with E-state index in [0.29, 0.717) is 10.9 Å². The van der Waals surface area contributed by atoms with Crippen LogP contribution in [0.3, 0.4) is 0 Å². The minimum atomic E-state index is -0.926. The molecule has 0 aliphatic rings. The number of fused-ring (bicyclic) bond motifs is 1. The van der Waals surface area contributed by atoms with Gasteiger partial charge in [-0.25, -0.2) is 9.59 Å². The Kier molecular flexibility index (Phi) is 2.70. The van der Waals surface area contributed by atoms with Gasteiger partial charge in [-0.05, 0) is 12.1 Å². The summed E-state index contributed by atoms with van der Waals surface area (Å²) in [6.07, 6.45) is -0.926. The number of ether oxygens (including phenoxy) is 1. The smallest absolute Gasteiger partial charge is 0.404 e. The third-order valence-electron chi connectivity index (χ3n) is 2.18. The second-order valence-electron chi connectivity index (χ2n) is 3.38. The van der Waals surface area contributed by atoms with E-state index in [0.717, 1.165) is 0 Å². The molecule has 0 saturated heterocycles. The Labute approximate surface area is 95.2 Å². The highest BCUT2D eigenvalue weighted by Crippen LogP contribution is 2.22. The van der Waals surface area contributed by atoms with Crippen LogP contribution in [0.15, 0.2) is 33.5 Å². The van der Waals surface area contributed by atoms with Crippen molar-refractivity contribution in [1.82, 2.24) is 0 Å². The molecule has 3 N–H and O–H groups in total. The van der Waals surface area contributed by atoms with Gasteiger partial charge in [-0.3, -0.25) is 0 Å². The predicted octanol–water partition coefficient (Wildman–Crippen LogP) is 1.09. The molecule has 0 bridgehead atoms. The highest BCUT2D eigenvalue weighted by molar-refractivity contribution is 5.81. The summed E-state index contributed by atoms with van der Waals surface area (Å²) in [5.74, 6) is -0.0198. The van der Waals surface area contributed by atoms with Crippen molar-refractivity contribution in [2.45, 2.75) is 6.61 Å². The van der Waals surface area contributed by atoms with Crippen LogP contribution in [0, 0.1) is 0 Å². The van der Waals surface area contributed by atoms with Crippen molar-refractivity contribution in [3.63, 3.8) is 0 Å². The van der Waals surface area contributed by atoms with Crippen LogP contribution in [-0.2, 0) is 11.3 Å². The molecule has 2 aromatic rings. The molecule has 1 amide bonds. The lowest BCUT2D eigenvalue weighted by Crippen LogP contribution is -2.13. The summed E-state index contributed by atoms with van der Waals surface area (Å²) in [5, 5.41) is 9.84. The van der Waals surface area contributed by atoms with Gasteiger partial charge >= 0.3 is 11.7 Å². The minimum Gasteiger partial charge on any atom is -0.508 e. The predicted molar refractivity (Wildman–Crippen MR) is 58.5 cm³/mol. The van der Waals surface area contributed by atoms with Gasteiger partial charge in [-0.1, -0.05) is 0 Å². The number of aromatic hydroxyl groups is 1. The van der Waals surface area contributed by atoms with Gasteiger partial charge in [-0.15, -0.1) is 0 Å². The fourth-order valence-electron chi connectivity index (χ4n) is 1.49. The molecule has 0 radical (unpaired) electrons. The van der Waals surface area contributed by atoms with Gasteiger partial charge in [0.15, 0.2) is 0 Å². The Morgan fingerprint density at radius 2 is 2.18 bits per heavy atom.